The highest BCUT2D eigenvalue weighted by atomic mass is 19.4. The fourth-order valence-electron chi connectivity index (χ4n) is 4.92. The highest BCUT2D eigenvalue weighted by Gasteiger charge is 2.47. The van der Waals surface area contributed by atoms with Crippen LogP contribution in [0.5, 0.6) is 0 Å². The summed E-state index contributed by atoms with van der Waals surface area (Å²) in [6.07, 6.45) is -1.52. The zero-order valence-corrected chi connectivity index (χ0v) is 17.9. The van der Waals surface area contributed by atoms with Gasteiger partial charge in [0.2, 0.25) is 0 Å². The molecule has 0 bridgehead atoms. The molecule has 0 spiro atoms. The predicted octanol–water partition coefficient (Wildman–Crippen LogP) is 6.79. The molecule has 1 aliphatic heterocycles. The lowest BCUT2D eigenvalue weighted by atomic mass is 9.82. The molecule has 32 heavy (non-hydrogen) atoms. The summed E-state index contributed by atoms with van der Waals surface area (Å²) in [7, 11) is 0. The van der Waals surface area contributed by atoms with Gasteiger partial charge in [0.1, 0.15) is 11.4 Å². The summed E-state index contributed by atoms with van der Waals surface area (Å²) in [5.74, 6) is -1.54. The summed E-state index contributed by atoms with van der Waals surface area (Å²) in [5.41, 5.74) is 3.44. The van der Waals surface area contributed by atoms with E-state index in [1.807, 2.05) is 31.2 Å². The first kappa shape index (κ1) is 22.3. The number of halogens is 4. The number of carbonyl (C=O) groups excluding carboxylic acids is 1. The summed E-state index contributed by atoms with van der Waals surface area (Å²) in [4.78, 5) is 14.6. The van der Waals surface area contributed by atoms with Crippen molar-refractivity contribution in [1.29, 1.82) is 0 Å². The number of unbranched alkanes of at least 4 members (excludes halogenated alkanes) is 1. The summed E-state index contributed by atoms with van der Waals surface area (Å²) in [6, 6.07) is 12.5. The van der Waals surface area contributed by atoms with Gasteiger partial charge in [0, 0.05) is 6.04 Å². The van der Waals surface area contributed by atoms with Gasteiger partial charge in [-0.15, -0.1) is 0 Å². The van der Waals surface area contributed by atoms with Crippen molar-refractivity contribution in [3.63, 3.8) is 0 Å². The third-order valence-electron chi connectivity index (χ3n) is 6.46. The van der Waals surface area contributed by atoms with Gasteiger partial charge < -0.3 is 4.90 Å². The first-order chi connectivity index (χ1) is 15.2. The molecule has 0 saturated carbocycles. The standard InChI is InChI=1S/C26H25F4NO/c1-3-4-8-20-15-22-21-9-6-5-7-18(21)14-23(22)24(17-10-12-19(27)13-11-17)31(20)25(32)16(2)26(28,29)30/h5-7,9-13,20,24H,2-4,8,14-15H2,1H3/t20-,24-/m0/s1. The average molecular weight is 443 g/mol. The van der Waals surface area contributed by atoms with Gasteiger partial charge in [-0.1, -0.05) is 62.7 Å². The first-order valence-electron chi connectivity index (χ1n) is 10.9. The molecule has 0 radical (unpaired) electrons. The minimum atomic E-state index is -4.81. The molecule has 0 saturated heterocycles. The van der Waals surface area contributed by atoms with Crippen molar-refractivity contribution in [2.75, 3.05) is 0 Å². The van der Waals surface area contributed by atoms with Crippen LogP contribution in [0.3, 0.4) is 0 Å². The Balaban J connectivity index is 1.87. The molecule has 6 heteroatoms. The van der Waals surface area contributed by atoms with E-state index < -0.39 is 35.6 Å². The monoisotopic (exact) mass is 443 g/mol. The van der Waals surface area contributed by atoms with Gasteiger partial charge in [-0.2, -0.15) is 13.2 Å². The Morgan fingerprint density at radius 1 is 1.12 bits per heavy atom. The van der Waals surface area contributed by atoms with Crippen LogP contribution in [0.2, 0.25) is 0 Å². The maximum atomic E-state index is 13.7. The van der Waals surface area contributed by atoms with Crippen LogP contribution in [0.1, 0.15) is 55.3 Å². The summed E-state index contributed by atoms with van der Waals surface area (Å²) >= 11 is 0. The Kier molecular flexibility index (Phi) is 5.97. The fourth-order valence-corrected chi connectivity index (χ4v) is 4.92. The second kappa shape index (κ2) is 8.57. The van der Waals surface area contributed by atoms with Crippen LogP contribution in [0.4, 0.5) is 17.6 Å². The number of nitrogens with zero attached hydrogens (tertiary/aromatic N) is 1. The van der Waals surface area contributed by atoms with Crippen LogP contribution in [0, 0.1) is 5.82 Å². The highest BCUT2D eigenvalue weighted by molar-refractivity contribution is 5.96. The number of amides is 1. The molecule has 0 aromatic heterocycles. The van der Waals surface area contributed by atoms with Crippen molar-refractivity contribution in [3.8, 4) is 0 Å². The number of hydrogen-bond donors (Lipinski definition) is 0. The maximum absolute atomic E-state index is 13.7. The molecule has 2 atom stereocenters. The lowest BCUT2D eigenvalue weighted by Crippen LogP contribution is -2.48. The van der Waals surface area contributed by atoms with Crippen LogP contribution in [0.25, 0.3) is 5.57 Å². The van der Waals surface area contributed by atoms with Crippen molar-refractivity contribution in [1.82, 2.24) is 4.90 Å². The van der Waals surface area contributed by atoms with E-state index in [1.165, 1.54) is 17.0 Å². The van der Waals surface area contributed by atoms with Crippen molar-refractivity contribution < 1.29 is 22.4 Å². The van der Waals surface area contributed by atoms with E-state index in [9.17, 15) is 22.4 Å². The number of rotatable bonds is 5. The van der Waals surface area contributed by atoms with Crippen LogP contribution in [0.15, 0.2) is 66.3 Å². The van der Waals surface area contributed by atoms with E-state index in [0.29, 0.717) is 24.8 Å². The Hall–Kier alpha value is -2.89. The number of benzene rings is 2. The Morgan fingerprint density at radius 2 is 1.81 bits per heavy atom. The zero-order valence-electron chi connectivity index (χ0n) is 17.9. The van der Waals surface area contributed by atoms with Crippen LogP contribution >= 0.6 is 0 Å². The Labute approximate surface area is 185 Å². The van der Waals surface area contributed by atoms with Gasteiger partial charge in [-0.05, 0) is 59.2 Å². The molecule has 168 valence electrons. The fraction of sp³-hybridized carbons (Fsp3) is 0.346. The molecule has 0 unspecified atom stereocenters. The van der Waals surface area contributed by atoms with Crippen molar-refractivity contribution in [2.24, 2.45) is 0 Å². The number of hydrogen-bond acceptors (Lipinski definition) is 1. The van der Waals surface area contributed by atoms with Crippen LogP contribution in [-0.2, 0) is 11.2 Å². The Morgan fingerprint density at radius 3 is 2.47 bits per heavy atom. The summed E-state index contributed by atoms with van der Waals surface area (Å²) < 4.78 is 54.1. The molecule has 2 aromatic rings. The van der Waals surface area contributed by atoms with Crippen molar-refractivity contribution >= 4 is 11.5 Å². The van der Waals surface area contributed by atoms with E-state index in [2.05, 4.69) is 6.58 Å². The minimum absolute atomic E-state index is 0.401. The van der Waals surface area contributed by atoms with E-state index in [0.717, 1.165) is 35.1 Å². The molecule has 2 nitrogen and oxygen atoms in total. The number of fused-ring (bicyclic) bond motifs is 2. The summed E-state index contributed by atoms with van der Waals surface area (Å²) in [5, 5.41) is 0. The molecular weight excluding hydrogens is 418 g/mol. The molecule has 1 aliphatic carbocycles. The highest BCUT2D eigenvalue weighted by Crippen LogP contribution is 2.50. The third kappa shape index (κ3) is 3.98. The van der Waals surface area contributed by atoms with E-state index in [-0.39, 0.29) is 0 Å². The molecule has 2 aromatic carbocycles. The first-order valence-corrected chi connectivity index (χ1v) is 10.9. The largest absolute Gasteiger partial charge is 0.421 e. The normalized spacial score (nSPS) is 20.2. The number of alkyl halides is 3. The number of carbonyl (C=O) groups is 1. The van der Waals surface area contributed by atoms with E-state index in [1.54, 1.807) is 12.1 Å². The summed E-state index contributed by atoms with van der Waals surface area (Å²) in [6.45, 7) is 5.10. The van der Waals surface area contributed by atoms with E-state index in [4.69, 9.17) is 0 Å². The molecule has 2 aliphatic rings. The smallest absolute Gasteiger partial charge is 0.324 e. The van der Waals surface area contributed by atoms with Gasteiger partial charge in [0.25, 0.3) is 5.91 Å². The predicted molar refractivity (Wildman–Crippen MR) is 116 cm³/mol. The van der Waals surface area contributed by atoms with Crippen LogP contribution in [-0.4, -0.2) is 23.0 Å². The minimum Gasteiger partial charge on any atom is -0.324 e. The molecule has 4 rings (SSSR count). The van der Waals surface area contributed by atoms with Crippen molar-refractivity contribution in [2.45, 2.75) is 57.3 Å². The Bertz CT molecular complexity index is 1070. The maximum Gasteiger partial charge on any atom is 0.421 e. The quantitative estimate of drug-likeness (QED) is 0.368. The van der Waals surface area contributed by atoms with Gasteiger partial charge >= 0.3 is 6.18 Å². The average Bonchev–Trinajstić information content (AvgIpc) is 3.14. The second-order valence-electron chi connectivity index (χ2n) is 8.48. The molecular formula is C26H25F4NO. The molecule has 1 heterocycles. The second-order valence-corrected chi connectivity index (χ2v) is 8.48. The zero-order chi connectivity index (χ0) is 23.0. The molecule has 0 N–H and O–H groups in total. The van der Waals surface area contributed by atoms with Gasteiger partial charge in [0.05, 0.1) is 6.04 Å². The lowest BCUT2D eigenvalue weighted by Gasteiger charge is -2.44. The van der Waals surface area contributed by atoms with Gasteiger partial charge in [-0.25, -0.2) is 4.39 Å². The van der Waals surface area contributed by atoms with E-state index >= 15 is 0 Å². The molecule has 0 fully saturated rings. The van der Waals surface area contributed by atoms with Crippen LogP contribution < -0.4 is 0 Å². The van der Waals surface area contributed by atoms with Gasteiger partial charge in [0.15, 0.2) is 0 Å². The van der Waals surface area contributed by atoms with Crippen molar-refractivity contribution in [3.05, 3.63) is 88.8 Å². The lowest BCUT2D eigenvalue weighted by molar-refractivity contribution is -0.143. The SMILES string of the molecule is C=C(C(=O)N1[C@@H](CCCC)CC2=C(Cc3ccccc32)[C@@H]1c1ccc(F)cc1)C(F)(F)F. The third-order valence-corrected chi connectivity index (χ3v) is 6.46. The van der Waals surface area contributed by atoms with Gasteiger partial charge in [-0.3, -0.25) is 4.79 Å². The topological polar surface area (TPSA) is 20.3 Å². The molecule has 1 amide bonds.